The Morgan fingerprint density at radius 1 is 1.15 bits per heavy atom. The first-order valence-electron chi connectivity index (χ1n) is 8.58. The molecule has 136 valence electrons. The molecular weight excluding hydrogens is 363 g/mol. The molecule has 2 N–H and O–H groups in total. The Morgan fingerprint density at radius 3 is 2.56 bits per heavy atom. The Balaban J connectivity index is 1.71. The van der Waals surface area contributed by atoms with Crippen LogP contribution in [0.15, 0.2) is 54.6 Å². The minimum atomic E-state index is -0.316. The first-order chi connectivity index (χ1) is 13.0. The van der Waals surface area contributed by atoms with Crippen molar-refractivity contribution in [3.8, 4) is 0 Å². The number of nitrogens with one attached hydrogen (secondary N) is 2. The molecule has 0 unspecified atom stereocenters. The summed E-state index contributed by atoms with van der Waals surface area (Å²) in [7, 11) is 0. The molecule has 0 spiro atoms. The van der Waals surface area contributed by atoms with E-state index in [-0.39, 0.29) is 30.0 Å². The maximum Gasteiger partial charge on any atom is 0.266 e. The zero-order chi connectivity index (χ0) is 19.0. The number of amides is 2. The smallest absolute Gasteiger partial charge is 0.266 e. The van der Waals surface area contributed by atoms with Gasteiger partial charge in [-0.3, -0.25) is 9.59 Å². The van der Waals surface area contributed by atoms with E-state index in [1.807, 2.05) is 37.3 Å². The van der Waals surface area contributed by atoms with Crippen molar-refractivity contribution in [3.63, 3.8) is 0 Å². The van der Waals surface area contributed by atoms with E-state index < -0.39 is 0 Å². The van der Waals surface area contributed by atoms with Gasteiger partial charge in [-0.25, -0.2) is 4.39 Å². The highest BCUT2D eigenvalue weighted by Crippen LogP contribution is 2.45. The predicted molar refractivity (Wildman–Crippen MR) is 105 cm³/mol. The molecule has 0 saturated carbocycles. The van der Waals surface area contributed by atoms with Crippen LogP contribution in [0.4, 0.5) is 15.1 Å². The van der Waals surface area contributed by atoms with Crippen LogP contribution in [0, 0.1) is 12.7 Å². The highest BCUT2D eigenvalue weighted by atomic mass is 32.1. The summed E-state index contributed by atoms with van der Waals surface area (Å²) < 4.78 is 13.3. The molecule has 0 radical (unpaired) electrons. The summed E-state index contributed by atoms with van der Waals surface area (Å²) in [6.45, 7) is 1.89. The van der Waals surface area contributed by atoms with Gasteiger partial charge in [0.05, 0.1) is 9.88 Å². The lowest BCUT2D eigenvalue weighted by atomic mass is 9.85. The third-order valence-corrected chi connectivity index (χ3v) is 5.92. The summed E-state index contributed by atoms with van der Waals surface area (Å²) in [5.41, 5.74) is 3.36. The van der Waals surface area contributed by atoms with Crippen LogP contribution in [0.25, 0.3) is 0 Å². The number of anilines is 2. The second-order valence-corrected chi connectivity index (χ2v) is 7.50. The fraction of sp³-hybridized carbons (Fsp3) is 0.143. The third kappa shape index (κ3) is 3.36. The molecule has 1 aromatic heterocycles. The van der Waals surface area contributed by atoms with Crippen molar-refractivity contribution in [2.75, 3.05) is 10.6 Å². The molecule has 0 saturated heterocycles. The van der Waals surface area contributed by atoms with E-state index in [4.69, 9.17) is 0 Å². The molecule has 27 heavy (non-hydrogen) atoms. The molecule has 1 aliphatic rings. The van der Waals surface area contributed by atoms with Gasteiger partial charge in [0, 0.05) is 18.0 Å². The normalized spacial score (nSPS) is 15.8. The highest BCUT2D eigenvalue weighted by molar-refractivity contribution is 7.18. The molecule has 0 aliphatic carbocycles. The van der Waals surface area contributed by atoms with Gasteiger partial charge in [0.15, 0.2) is 0 Å². The third-order valence-electron chi connectivity index (χ3n) is 4.69. The molecule has 0 fully saturated rings. The van der Waals surface area contributed by atoms with Crippen molar-refractivity contribution in [1.29, 1.82) is 0 Å². The van der Waals surface area contributed by atoms with Crippen LogP contribution in [0.2, 0.25) is 0 Å². The van der Waals surface area contributed by atoms with E-state index in [1.54, 1.807) is 12.1 Å². The minimum absolute atomic E-state index is 0.104. The number of carbonyl (C=O) groups is 2. The second-order valence-electron chi connectivity index (χ2n) is 6.48. The standard InChI is InChI=1S/C21H17FN2O2S/c1-12-18-16(13-7-9-14(22)10-8-13)11-17(25)24-21(18)27-19(12)20(26)23-15-5-3-2-4-6-15/h2-10,16H,11H2,1H3,(H,23,26)(H,24,25)/t16-/m0/s1. The first kappa shape index (κ1) is 17.4. The Hall–Kier alpha value is -2.99. The van der Waals surface area contributed by atoms with E-state index in [1.165, 1.54) is 23.5 Å². The number of halogens is 1. The van der Waals surface area contributed by atoms with Crippen LogP contribution in [-0.2, 0) is 4.79 Å². The second kappa shape index (κ2) is 6.96. The average Bonchev–Trinajstić information content (AvgIpc) is 2.99. The zero-order valence-corrected chi connectivity index (χ0v) is 15.4. The fourth-order valence-electron chi connectivity index (χ4n) is 3.41. The van der Waals surface area contributed by atoms with Crippen molar-refractivity contribution in [3.05, 3.63) is 82.0 Å². The Bertz CT molecular complexity index is 1010. The summed E-state index contributed by atoms with van der Waals surface area (Å²) in [6, 6.07) is 15.4. The molecule has 6 heteroatoms. The van der Waals surface area contributed by atoms with E-state index in [9.17, 15) is 14.0 Å². The Labute approximate surface area is 160 Å². The van der Waals surface area contributed by atoms with E-state index in [0.29, 0.717) is 15.6 Å². The van der Waals surface area contributed by atoms with Crippen LogP contribution >= 0.6 is 11.3 Å². The maximum absolute atomic E-state index is 13.3. The van der Waals surface area contributed by atoms with Gasteiger partial charge >= 0.3 is 0 Å². The SMILES string of the molecule is Cc1c(C(=O)Nc2ccccc2)sc2c1[C@H](c1ccc(F)cc1)CC(=O)N2. The average molecular weight is 380 g/mol. The van der Waals surface area contributed by atoms with Crippen molar-refractivity contribution in [2.24, 2.45) is 0 Å². The summed E-state index contributed by atoms with van der Waals surface area (Å²) >= 11 is 1.28. The molecule has 0 bridgehead atoms. The lowest BCUT2D eigenvalue weighted by Crippen LogP contribution is -2.22. The van der Waals surface area contributed by atoms with Crippen molar-refractivity contribution in [1.82, 2.24) is 0 Å². The lowest BCUT2D eigenvalue weighted by molar-refractivity contribution is -0.116. The molecule has 2 heterocycles. The van der Waals surface area contributed by atoms with Crippen molar-refractivity contribution in [2.45, 2.75) is 19.3 Å². The molecule has 4 rings (SSSR count). The zero-order valence-electron chi connectivity index (χ0n) is 14.6. The number of para-hydroxylation sites is 1. The number of hydrogen-bond acceptors (Lipinski definition) is 3. The Morgan fingerprint density at radius 2 is 1.85 bits per heavy atom. The van der Waals surface area contributed by atoms with Crippen LogP contribution in [-0.4, -0.2) is 11.8 Å². The van der Waals surface area contributed by atoms with E-state index in [0.717, 1.165) is 16.7 Å². The predicted octanol–water partition coefficient (Wildman–Crippen LogP) is 4.92. The summed E-state index contributed by atoms with van der Waals surface area (Å²) in [5.74, 6) is -0.814. The number of carbonyl (C=O) groups excluding carboxylic acids is 2. The molecule has 2 aromatic carbocycles. The number of hydrogen-bond donors (Lipinski definition) is 2. The van der Waals surface area contributed by atoms with E-state index in [2.05, 4.69) is 10.6 Å². The van der Waals surface area contributed by atoms with Gasteiger partial charge in [0.1, 0.15) is 5.82 Å². The van der Waals surface area contributed by atoms with Gasteiger partial charge in [-0.05, 0) is 47.9 Å². The molecule has 1 aliphatic heterocycles. The molecule has 2 amide bonds. The maximum atomic E-state index is 13.3. The largest absolute Gasteiger partial charge is 0.321 e. The minimum Gasteiger partial charge on any atom is -0.321 e. The van der Waals surface area contributed by atoms with Gasteiger partial charge < -0.3 is 10.6 Å². The summed E-state index contributed by atoms with van der Waals surface area (Å²) in [5, 5.41) is 6.46. The van der Waals surface area contributed by atoms with Crippen LogP contribution < -0.4 is 10.6 Å². The molecule has 1 atom stereocenters. The monoisotopic (exact) mass is 380 g/mol. The number of rotatable bonds is 3. The first-order valence-corrected chi connectivity index (χ1v) is 9.39. The van der Waals surface area contributed by atoms with Gasteiger partial charge in [-0.2, -0.15) is 0 Å². The van der Waals surface area contributed by atoms with Crippen LogP contribution in [0.3, 0.4) is 0 Å². The van der Waals surface area contributed by atoms with Gasteiger partial charge in [-0.15, -0.1) is 11.3 Å². The molecular formula is C21H17FN2O2S. The number of benzene rings is 2. The number of thiophene rings is 1. The van der Waals surface area contributed by atoms with Gasteiger partial charge in [-0.1, -0.05) is 30.3 Å². The van der Waals surface area contributed by atoms with Crippen LogP contribution in [0.1, 0.15) is 38.7 Å². The quantitative estimate of drug-likeness (QED) is 0.677. The molecule has 3 aromatic rings. The highest BCUT2D eigenvalue weighted by Gasteiger charge is 2.32. The summed E-state index contributed by atoms with van der Waals surface area (Å²) in [6.07, 6.45) is 0.274. The Kier molecular flexibility index (Phi) is 4.49. The summed E-state index contributed by atoms with van der Waals surface area (Å²) in [4.78, 5) is 25.5. The van der Waals surface area contributed by atoms with Crippen molar-refractivity contribution >= 4 is 33.8 Å². The van der Waals surface area contributed by atoms with Gasteiger partial charge in [0.25, 0.3) is 5.91 Å². The fourth-order valence-corrected chi connectivity index (χ4v) is 4.59. The molecule has 4 nitrogen and oxygen atoms in total. The van der Waals surface area contributed by atoms with Crippen molar-refractivity contribution < 1.29 is 14.0 Å². The van der Waals surface area contributed by atoms with Crippen LogP contribution in [0.5, 0.6) is 0 Å². The van der Waals surface area contributed by atoms with E-state index >= 15 is 0 Å². The topological polar surface area (TPSA) is 58.2 Å². The number of fused-ring (bicyclic) bond motifs is 1. The van der Waals surface area contributed by atoms with Gasteiger partial charge in [0.2, 0.25) is 5.91 Å². The lowest BCUT2D eigenvalue weighted by Gasteiger charge is -2.24.